The van der Waals surface area contributed by atoms with Gasteiger partial charge in [0.05, 0.1) is 25.6 Å². The van der Waals surface area contributed by atoms with Gasteiger partial charge in [-0.15, -0.1) is 0 Å². The molecule has 0 spiro atoms. The Balaban J connectivity index is 2.13. The second-order valence-corrected chi connectivity index (χ2v) is 4.76. The second-order valence-electron chi connectivity index (χ2n) is 4.76. The van der Waals surface area contributed by atoms with E-state index in [1.54, 1.807) is 6.92 Å². The van der Waals surface area contributed by atoms with Crippen LogP contribution >= 0.6 is 0 Å². The molecular formula is C13H22N2O5. The molecule has 0 heterocycles. The molecule has 0 aromatic heterocycles. The molecule has 3 N–H and O–H groups in total. The maximum Gasteiger partial charge on any atom is 0.322 e. The standard InChI is InChI=1S/C13H22N2O5/c1-3-20-12(17)9-7-8(9)11(16)15-6-4-5-10(14)13(18)19-2/h8-10H,3-7,14H2,1-2H3,(H,15,16)/t8?,9?,10-/m0/s1. The lowest BCUT2D eigenvalue weighted by Gasteiger charge is -2.09. The number of hydrogen-bond donors (Lipinski definition) is 2. The third-order valence-corrected chi connectivity index (χ3v) is 3.21. The summed E-state index contributed by atoms with van der Waals surface area (Å²) in [7, 11) is 1.28. The van der Waals surface area contributed by atoms with E-state index in [2.05, 4.69) is 10.1 Å². The second kappa shape index (κ2) is 7.84. The molecule has 1 saturated carbocycles. The SMILES string of the molecule is CCOC(=O)C1CC1C(=O)NCCC[C@H](N)C(=O)OC. The first-order valence-electron chi connectivity index (χ1n) is 6.79. The molecule has 114 valence electrons. The number of carbonyl (C=O) groups excluding carboxylic acids is 3. The minimum absolute atomic E-state index is 0.144. The van der Waals surface area contributed by atoms with Gasteiger partial charge in [0.2, 0.25) is 5.91 Å². The smallest absolute Gasteiger partial charge is 0.322 e. The Labute approximate surface area is 118 Å². The minimum atomic E-state index is -0.662. The predicted octanol–water partition coefficient (Wildman–Crippen LogP) is -0.418. The number of nitrogens with two attached hydrogens (primary N) is 1. The van der Waals surface area contributed by atoms with Crippen molar-refractivity contribution >= 4 is 17.8 Å². The third-order valence-electron chi connectivity index (χ3n) is 3.21. The first-order chi connectivity index (χ1) is 9.51. The number of ether oxygens (including phenoxy) is 2. The van der Waals surface area contributed by atoms with Gasteiger partial charge >= 0.3 is 11.9 Å². The Kier molecular flexibility index (Phi) is 6.44. The van der Waals surface area contributed by atoms with Crippen molar-refractivity contribution in [3.63, 3.8) is 0 Å². The summed E-state index contributed by atoms with van der Waals surface area (Å²) in [4.78, 5) is 34.1. The summed E-state index contributed by atoms with van der Waals surface area (Å²) < 4.78 is 9.35. The number of rotatable bonds is 8. The Morgan fingerprint density at radius 3 is 2.65 bits per heavy atom. The van der Waals surface area contributed by atoms with Crippen molar-refractivity contribution < 1.29 is 23.9 Å². The van der Waals surface area contributed by atoms with Gasteiger partial charge in [-0.1, -0.05) is 0 Å². The monoisotopic (exact) mass is 286 g/mol. The van der Waals surface area contributed by atoms with E-state index >= 15 is 0 Å². The van der Waals surface area contributed by atoms with Gasteiger partial charge in [-0.25, -0.2) is 0 Å². The van der Waals surface area contributed by atoms with Crippen molar-refractivity contribution in [2.45, 2.75) is 32.2 Å². The summed E-state index contributed by atoms with van der Waals surface area (Å²) in [5, 5.41) is 2.73. The van der Waals surface area contributed by atoms with Crippen molar-refractivity contribution in [3.05, 3.63) is 0 Å². The van der Waals surface area contributed by atoms with Crippen LogP contribution in [0.4, 0.5) is 0 Å². The van der Waals surface area contributed by atoms with Gasteiger partial charge in [0.15, 0.2) is 0 Å². The number of hydrogen-bond acceptors (Lipinski definition) is 6. The maximum atomic E-state index is 11.7. The molecule has 7 nitrogen and oxygen atoms in total. The number of esters is 2. The first-order valence-corrected chi connectivity index (χ1v) is 6.79. The first kappa shape index (κ1) is 16.4. The summed E-state index contributed by atoms with van der Waals surface area (Å²) in [6, 6.07) is -0.662. The van der Waals surface area contributed by atoms with Gasteiger partial charge in [0.25, 0.3) is 0 Å². The maximum absolute atomic E-state index is 11.7. The molecule has 0 aromatic rings. The van der Waals surface area contributed by atoms with Crippen LogP contribution in [0.15, 0.2) is 0 Å². The molecule has 1 rings (SSSR count). The summed E-state index contributed by atoms with van der Waals surface area (Å²) in [5.74, 6) is -1.48. The third kappa shape index (κ3) is 4.80. The topological polar surface area (TPSA) is 108 Å². The fourth-order valence-electron chi connectivity index (χ4n) is 1.93. The molecule has 2 unspecified atom stereocenters. The minimum Gasteiger partial charge on any atom is -0.468 e. The molecule has 0 radical (unpaired) electrons. The normalized spacial score (nSPS) is 21.8. The molecule has 1 amide bonds. The lowest BCUT2D eigenvalue weighted by molar-refractivity contribution is -0.146. The molecular weight excluding hydrogens is 264 g/mol. The van der Waals surface area contributed by atoms with Crippen LogP contribution in [0.25, 0.3) is 0 Å². The number of nitrogens with one attached hydrogen (secondary N) is 1. The Morgan fingerprint density at radius 1 is 1.35 bits per heavy atom. The molecule has 1 fully saturated rings. The summed E-state index contributed by atoms with van der Waals surface area (Å²) in [5.41, 5.74) is 5.56. The highest BCUT2D eigenvalue weighted by Gasteiger charge is 2.48. The highest BCUT2D eigenvalue weighted by Crippen LogP contribution is 2.39. The van der Waals surface area contributed by atoms with Crippen LogP contribution in [-0.2, 0) is 23.9 Å². The van der Waals surface area contributed by atoms with Crippen molar-refractivity contribution in [3.8, 4) is 0 Å². The van der Waals surface area contributed by atoms with E-state index in [1.807, 2.05) is 0 Å². The van der Waals surface area contributed by atoms with E-state index in [1.165, 1.54) is 7.11 Å². The lowest BCUT2D eigenvalue weighted by atomic mass is 10.1. The molecule has 20 heavy (non-hydrogen) atoms. The van der Waals surface area contributed by atoms with Gasteiger partial charge in [0.1, 0.15) is 6.04 Å². The fourth-order valence-corrected chi connectivity index (χ4v) is 1.93. The fraction of sp³-hybridized carbons (Fsp3) is 0.769. The van der Waals surface area contributed by atoms with Crippen LogP contribution < -0.4 is 11.1 Å². The Bertz CT molecular complexity index is 372. The lowest BCUT2D eigenvalue weighted by Crippen LogP contribution is -2.33. The highest BCUT2D eigenvalue weighted by atomic mass is 16.5. The van der Waals surface area contributed by atoms with Crippen molar-refractivity contribution in [1.82, 2.24) is 5.32 Å². The molecule has 0 aliphatic heterocycles. The van der Waals surface area contributed by atoms with Crippen LogP contribution in [0.5, 0.6) is 0 Å². The van der Waals surface area contributed by atoms with Gasteiger partial charge in [-0.05, 0) is 26.2 Å². The van der Waals surface area contributed by atoms with Crippen molar-refractivity contribution in [2.75, 3.05) is 20.3 Å². The summed E-state index contributed by atoms with van der Waals surface area (Å²) in [6.07, 6.45) is 1.57. The van der Waals surface area contributed by atoms with E-state index in [-0.39, 0.29) is 23.7 Å². The zero-order valence-corrected chi connectivity index (χ0v) is 11.9. The number of carbonyl (C=O) groups is 3. The molecule has 3 atom stereocenters. The van der Waals surface area contributed by atoms with Crippen LogP contribution in [-0.4, -0.2) is 44.1 Å². The van der Waals surface area contributed by atoms with Crippen LogP contribution in [0, 0.1) is 11.8 Å². The van der Waals surface area contributed by atoms with Gasteiger partial charge < -0.3 is 20.5 Å². The highest BCUT2D eigenvalue weighted by molar-refractivity contribution is 5.90. The molecule has 1 aliphatic rings. The van der Waals surface area contributed by atoms with Gasteiger partial charge in [-0.3, -0.25) is 14.4 Å². The molecule has 0 aromatic carbocycles. The van der Waals surface area contributed by atoms with Crippen molar-refractivity contribution in [1.29, 1.82) is 0 Å². The zero-order chi connectivity index (χ0) is 15.1. The van der Waals surface area contributed by atoms with Crippen molar-refractivity contribution in [2.24, 2.45) is 17.6 Å². The summed E-state index contributed by atoms with van der Waals surface area (Å²) >= 11 is 0. The van der Waals surface area contributed by atoms with Gasteiger partial charge in [0, 0.05) is 6.54 Å². The van der Waals surface area contributed by atoms with Crippen LogP contribution in [0.1, 0.15) is 26.2 Å². The summed E-state index contributed by atoms with van der Waals surface area (Å²) in [6.45, 7) is 2.49. The predicted molar refractivity (Wildman–Crippen MR) is 70.5 cm³/mol. The Hall–Kier alpha value is -1.63. The number of amides is 1. The van der Waals surface area contributed by atoms with Gasteiger partial charge in [-0.2, -0.15) is 0 Å². The average molecular weight is 286 g/mol. The molecule has 1 aliphatic carbocycles. The van der Waals surface area contributed by atoms with E-state index in [0.717, 1.165) is 0 Å². The largest absolute Gasteiger partial charge is 0.468 e. The molecule has 0 bridgehead atoms. The zero-order valence-electron chi connectivity index (χ0n) is 11.9. The van der Waals surface area contributed by atoms with E-state index < -0.39 is 12.0 Å². The van der Waals surface area contributed by atoms with E-state index in [9.17, 15) is 14.4 Å². The number of methoxy groups -OCH3 is 1. The molecule has 0 saturated heterocycles. The molecule has 7 heteroatoms. The van der Waals surface area contributed by atoms with Crippen LogP contribution in [0.2, 0.25) is 0 Å². The van der Waals surface area contributed by atoms with E-state index in [0.29, 0.717) is 32.4 Å². The quantitative estimate of drug-likeness (QED) is 0.463. The average Bonchev–Trinajstić information content (AvgIpc) is 3.22. The van der Waals surface area contributed by atoms with E-state index in [4.69, 9.17) is 10.5 Å². The van der Waals surface area contributed by atoms with Crippen LogP contribution in [0.3, 0.4) is 0 Å². The Morgan fingerprint density at radius 2 is 2.05 bits per heavy atom.